The summed E-state index contributed by atoms with van der Waals surface area (Å²) in [4.78, 5) is 14.9. The van der Waals surface area contributed by atoms with Crippen LogP contribution in [0.1, 0.15) is 10.4 Å². The van der Waals surface area contributed by atoms with Gasteiger partial charge in [-0.3, -0.25) is 9.69 Å². The number of ketones is 1. The van der Waals surface area contributed by atoms with Crippen LogP contribution in [0.25, 0.3) is 0 Å². The highest BCUT2D eigenvalue weighted by Gasteiger charge is 2.23. The molecule has 0 atom stereocenters. The van der Waals surface area contributed by atoms with Crippen molar-refractivity contribution in [3.8, 4) is 17.2 Å². The van der Waals surface area contributed by atoms with E-state index in [0.717, 1.165) is 13.1 Å². The van der Waals surface area contributed by atoms with E-state index in [1.54, 1.807) is 12.1 Å². The van der Waals surface area contributed by atoms with Gasteiger partial charge in [0.05, 0.1) is 40.1 Å². The number of morpholine rings is 1. The first-order valence-corrected chi connectivity index (χ1v) is 7.44. The molecule has 0 radical (unpaired) electrons. The molecule has 0 aliphatic carbocycles. The van der Waals surface area contributed by atoms with Gasteiger partial charge in [0.1, 0.15) is 0 Å². The van der Waals surface area contributed by atoms with Gasteiger partial charge in [-0.15, -0.1) is 0 Å². The topological polar surface area (TPSA) is 57.2 Å². The van der Waals surface area contributed by atoms with Gasteiger partial charge in [0.25, 0.3) is 0 Å². The van der Waals surface area contributed by atoms with E-state index in [0.29, 0.717) is 48.1 Å². The normalized spacial score (nSPS) is 15.1. The van der Waals surface area contributed by atoms with Crippen LogP contribution in [0, 0.1) is 0 Å². The van der Waals surface area contributed by atoms with Crippen LogP contribution >= 0.6 is 0 Å². The maximum absolute atomic E-state index is 12.7. The Kier molecular flexibility index (Phi) is 6.01. The van der Waals surface area contributed by atoms with Crippen molar-refractivity contribution in [2.75, 3.05) is 54.2 Å². The third-order valence-electron chi connectivity index (χ3n) is 3.79. The number of methoxy groups -OCH3 is 3. The number of hydrogen-bond acceptors (Lipinski definition) is 6. The zero-order valence-corrected chi connectivity index (χ0v) is 13.9. The van der Waals surface area contributed by atoms with Crippen LogP contribution < -0.4 is 14.2 Å². The van der Waals surface area contributed by atoms with Crippen LogP contribution in [-0.4, -0.2) is 64.9 Å². The maximum Gasteiger partial charge on any atom is 0.204 e. The highest BCUT2D eigenvalue weighted by Crippen LogP contribution is 2.40. The van der Waals surface area contributed by atoms with E-state index in [-0.39, 0.29) is 5.78 Å². The highest BCUT2D eigenvalue weighted by molar-refractivity contribution is 6.11. The van der Waals surface area contributed by atoms with Crippen molar-refractivity contribution in [3.05, 3.63) is 29.8 Å². The average molecular weight is 321 g/mol. The number of carbonyl (C=O) groups is 1. The summed E-state index contributed by atoms with van der Waals surface area (Å²) in [6, 6.07) is 3.36. The van der Waals surface area contributed by atoms with E-state index in [2.05, 4.69) is 11.5 Å². The van der Waals surface area contributed by atoms with Crippen LogP contribution in [0.2, 0.25) is 0 Å². The number of nitrogens with zero attached hydrogens (tertiary/aromatic N) is 1. The molecule has 1 saturated heterocycles. The molecule has 0 spiro atoms. The quantitative estimate of drug-likeness (QED) is 0.564. The van der Waals surface area contributed by atoms with Gasteiger partial charge in [-0.05, 0) is 12.1 Å². The molecule has 0 amide bonds. The van der Waals surface area contributed by atoms with Gasteiger partial charge in [0.2, 0.25) is 5.75 Å². The standard InChI is InChI=1S/C17H23NO5/c1-12(11-18-7-9-23-10-8-18)15(19)13-5-6-14(20-2)17(22-4)16(13)21-3/h5-6H,1,7-11H2,2-4H3. The molecule has 0 bridgehead atoms. The van der Waals surface area contributed by atoms with E-state index in [1.807, 2.05) is 0 Å². The van der Waals surface area contributed by atoms with Crippen LogP contribution in [0.15, 0.2) is 24.3 Å². The van der Waals surface area contributed by atoms with Crippen molar-refractivity contribution in [1.82, 2.24) is 4.90 Å². The monoisotopic (exact) mass is 321 g/mol. The average Bonchev–Trinajstić information content (AvgIpc) is 2.60. The molecule has 1 aliphatic heterocycles. The molecule has 1 aliphatic rings. The Hall–Kier alpha value is -2.05. The summed E-state index contributed by atoms with van der Waals surface area (Å²) in [6.07, 6.45) is 0. The molecular formula is C17H23NO5. The molecule has 0 saturated carbocycles. The molecule has 23 heavy (non-hydrogen) atoms. The third kappa shape index (κ3) is 3.83. The molecule has 2 rings (SSSR count). The highest BCUT2D eigenvalue weighted by atomic mass is 16.5. The molecular weight excluding hydrogens is 298 g/mol. The van der Waals surface area contributed by atoms with Gasteiger partial charge in [-0.2, -0.15) is 0 Å². The summed E-state index contributed by atoms with van der Waals surface area (Å²) >= 11 is 0. The van der Waals surface area contributed by atoms with Gasteiger partial charge in [-0.1, -0.05) is 6.58 Å². The number of hydrogen-bond donors (Lipinski definition) is 0. The maximum atomic E-state index is 12.7. The lowest BCUT2D eigenvalue weighted by molar-refractivity contribution is 0.0418. The number of rotatable bonds is 7. The van der Waals surface area contributed by atoms with E-state index < -0.39 is 0 Å². The summed E-state index contributed by atoms with van der Waals surface area (Å²) < 4.78 is 21.2. The van der Waals surface area contributed by atoms with Gasteiger partial charge in [0.15, 0.2) is 17.3 Å². The number of Topliss-reactive ketones (excluding diaryl/α,β-unsaturated/α-hetero) is 1. The lowest BCUT2D eigenvalue weighted by Gasteiger charge is -2.27. The largest absolute Gasteiger partial charge is 0.493 e. The van der Waals surface area contributed by atoms with Crippen LogP contribution in [0.5, 0.6) is 17.2 Å². The predicted molar refractivity (Wildman–Crippen MR) is 86.8 cm³/mol. The Morgan fingerprint density at radius 2 is 1.78 bits per heavy atom. The van der Waals surface area contributed by atoms with Gasteiger partial charge >= 0.3 is 0 Å². The Bertz CT molecular complexity index is 579. The molecule has 6 heteroatoms. The number of ether oxygens (including phenoxy) is 4. The Morgan fingerprint density at radius 3 is 2.35 bits per heavy atom. The fourth-order valence-corrected chi connectivity index (χ4v) is 2.57. The summed E-state index contributed by atoms with van der Waals surface area (Å²) in [5, 5.41) is 0. The minimum absolute atomic E-state index is 0.158. The molecule has 1 heterocycles. The molecule has 0 aromatic heterocycles. The summed E-state index contributed by atoms with van der Waals surface area (Å²) in [7, 11) is 4.55. The van der Waals surface area contributed by atoms with Crippen molar-refractivity contribution in [1.29, 1.82) is 0 Å². The van der Waals surface area contributed by atoms with Crippen molar-refractivity contribution >= 4 is 5.78 Å². The Morgan fingerprint density at radius 1 is 1.13 bits per heavy atom. The molecule has 0 unspecified atom stereocenters. The molecule has 1 aromatic carbocycles. The first-order chi connectivity index (χ1) is 11.1. The molecule has 1 fully saturated rings. The van der Waals surface area contributed by atoms with Crippen LogP contribution in [0.3, 0.4) is 0 Å². The van der Waals surface area contributed by atoms with Crippen molar-refractivity contribution in [2.45, 2.75) is 0 Å². The van der Waals surface area contributed by atoms with E-state index in [1.165, 1.54) is 21.3 Å². The second kappa shape index (κ2) is 7.99. The fourth-order valence-electron chi connectivity index (χ4n) is 2.57. The van der Waals surface area contributed by atoms with Crippen molar-refractivity contribution in [3.63, 3.8) is 0 Å². The van der Waals surface area contributed by atoms with E-state index in [9.17, 15) is 4.79 Å². The van der Waals surface area contributed by atoms with E-state index in [4.69, 9.17) is 18.9 Å². The van der Waals surface area contributed by atoms with E-state index >= 15 is 0 Å². The second-order valence-electron chi connectivity index (χ2n) is 5.20. The first-order valence-electron chi connectivity index (χ1n) is 7.44. The van der Waals surface area contributed by atoms with Crippen molar-refractivity contribution in [2.24, 2.45) is 0 Å². The molecule has 1 aromatic rings. The SMILES string of the molecule is C=C(CN1CCOCC1)C(=O)c1ccc(OC)c(OC)c1OC. The van der Waals surface area contributed by atoms with Gasteiger partial charge < -0.3 is 18.9 Å². The van der Waals surface area contributed by atoms with Crippen LogP contribution in [0.4, 0.5) is 0 Å². The minimum Gasteiger partial charge on any atom is -0.493 e. The number of carbonyl (C=O) groups excluding carboxylic acids is 1. The smallest absolute Gasteiger partial charge is 0.204 e. The zero-order chi connectivity index (χ0) is 16.8. The molecule has 126 valence electrons. The lowest BCUT2D eigenvalue weighted by Crippen LogP contribution is -2.38. The lowest BCUT2D eigenvalue weighted by atomic mass is 10.0. The second-order valence-corrected chi connectivity index (χ2v) is 5.20. The minimum atomic E-state index is -0.158. The first kappa shape index (κ1) is 17.3. The summed E-state index contributed by atoms with van der Waals surface area (Å²) in [6.45, 7) is 7.42. The number of benzene rings is 1. The summed E-state index contributed by atoms with van der Waals surface area (Å²) in [5.74, 6) is 1.12. The fraction of sp³-hybridized carbons (Fsp3) is 0.471. The van der Waals surface area contributed by atoms with Crippen molar-refractivity contribution < 1.29 is 23.7 Å². The summed E-state index contributed by atoms with van der Waals surface area (Å²) in [5.41, 5.74) is 0.931. The van der Waals surface area contributed by atoms with Crippen LogP contribution in [-0.2, 0) is 4.74 Å². The van der Waals surface area contributed by atoms with Gasteiger partial charge in [0, 0.05) is 25.2 Å². The third-order valence-corrected chi connectivity index (χ3v) is 3.79. The van der Waals surface area contributed by atoms with Gasteiger partial charge in [-0.25, -0.2) is 0 Å². The molecule has 0 N–H and O–H groups in total. The Balaban J connectivity index is 2.22. The zero-order valence-electron chi connectivity index (χ0n) is 13.9. The Labute approximate surface area is 136 Å². The molecule has 6 nitrogen and oxygen atoms in total. The predicted octanol–water partition coefficient (Wildman–Crippen LogP) is 1.78.